The minimum atomic E-state index is -0.498. The van der Waals surface area contributed by atoms with Gasteiger partial charge >= 0.3 is 5.69 Å². The number of nitrogens with zero attached hydrogens (tertiary/aromatic N) is 5. The van der Waals surface area contributed by atoms with Gasteiger partial charge in [-0.1, -0.05) is 12.1 Å². The van der Waals surface area contributed by atoms with Crippen LogP contribution in [0.4, 0.5) is 11.6 Å². The number of hydrogen-bond acceptors (Lipinski definition) is 8. The van der Waals surface area contributed by atoms with Gasteiger partial charge in [0.25, 0.3) is 5.62 Å². The molecule has 174 valence electrons. The Labute approximate surface area is 193 Å². The van der Waals surface area contributed by atoms with Crippen molar-refractivity contribution in [3.63, 3.8) is 0 Å². The molecule has 3 heterocycles. The summed E-state index contributed by atoms with van der Waals surface area (Å²) in [5, 5.41) is 18.3. The molecule has 4 aromatic rings. The van der Waals surface area contributed by atoms with Gasteiger partial charge in [0.15, 0.2) is 5.65 Å². The van der Waals surface area contributed by atoms with E-state index in [9.17, 15) is 9.90 Å². The van der Waals surface area contributed by atoms with Crippen molar-refractivity contribution in [2.75, 3.05) is 5.32 Å². The molecule has 2 aliphatic rings. The summed E-state index contributed by atoms with van der Waals surface area (Å²) in [6, 6.07) is 6.43. The van der Waals surface area contributed by atoms with Crippen LogP contribution < -0.4 is 27.6 Å². The third kappa shape index (κ3) is 3.63. The van der Waals surface area contributed by atoms with Crippen molar-refractivity contribution in [2.24, 2.45) is 10.7 Å². The van der Waals surface area contributed by atoms with Crippen molar-refractivity contribution in [3.8, 4) is 5.88 Å². The summed E-state index contributed by atoms with van der Waals surface area (Å²) in [4.78, 5) is 30.3. The molecule has 3 aromatic heterocycles. The first-order valence-electron chi connectivity index (χ1n) is 11.4. The minimum Gasteiger partial charge on any atom is -0.493 e. The Hall–Kier alpha value is -3.99. The van der Waals surface area contributed by atoms with E-state index in [0.29, 0.717) is 22.4 Å². The molecule has 0 spiro atoms. The van der Waals surface area contributed by atoms with E-state index >= 15 is 0 Å². The minimum absolute atomic E-state index is 0.220. The van der Waals surface area contributed by atoms with Gasteiger partial charge in [0.1, 0.15) is 5.69 Å². The van der Waals surface area contributed by atoms with Crippen LogP contribution in [0.15, 0.2) is 34.2 Å². The molecule has 0 unspecified atom stereocenters. The number of aromatic amines is 2. The van der Waals surface area contributed by atoms with Crippen molar-refractivity contribution in [1.82, 2.24) is 29.5 Å². The fourth-order valence-electron chi connectivity index (χ4n) is 4.22. The molecular weight excluding hydrogens is 434 g/mol. The number of nitrogens with two attached hydrogens (primary N) is 1. The summed E-state index contributed by atoms with van der Waals surface area (Å²) >= 11 is 0. The Morgan fingerprint density at radius 3 is 2.76 bits per heavy atom. The van der Waals surface area contributed by atoms with Crippen molar-refractivity contribution in [1.29, 1.82) is 0 Å². The Kier molecular flexibility index (Phi) is 4.56. The van der Waals surface area contributed by atoms with Crippen LogP contribution in [0.1, 0.15) is 48.9 Å². The smallest absolute Gasteiger partial charge is 0.326 e. The monoisotopic (exact) mass is 459 g/mol. The van der Waals surface area contributed by atoms with E-state index in [2.05, 4.69) is 42.5 Å². The molecule has 2 saturated carbocycles. The summed E-state index contributed by atoms with van der Waals surface area (Å²) in [6.45, 7) is 2.03. The fraction of sp³-hybridized carbons (Fsp3) is 0.348. The van der Waals surface area contributed by atoms with E-state index in [1.807, 2.05) is 13.0 Å². The quantitative estimate of drug-likeness (QED) is 0.295. The van der Waals surface area contributed by atoms with Gasteiger partial charge in [-0.2, -0.15) is 19.6 Å². The molecule has 6 N–H and O–H groups in total. The van der Waals surface area contributed by atoms with E-state index in [1.54, 1.807) is 16.8 Å². The molecule has 0 saturated heterocycles. The molecule has 2 fully saturated rings. The number of rotatable bonds is 5. The molecule has 34 heavy (non-hydrogen) atoms. The van der Waals surface area contributed by atoms with Gasteiger partial charge in [0.05, 0.1) is 12.2 Å². The van der Waals surface area contributed by atoms with Crippen LogP contribution >= 0.6 is 0 Å². The van der Waals surface area contributed by atoms with Crippen molar-refractivity contribution in [2.45, 2.75) is 50.6 Å². The number of aromatic hydroxyl groups is 1. The van der Waals surface area contributed by atoms with E-state index in [1.165, 1.54) is 0 Å². The van der Waals surface area contributed by atoms with E-state index < -0.39 is 5.69 Å². The molecule has 0 amide bonds. The number of hydrogen-bond donors (Lipinski definition) is 5. The van der Waals surface area contributed by atoms with Crippen LogP contribution in [0.5, 0.6) is 5.88 Å². The Balaban J connectivity index is 1.44. The average molecular weight is 460 g/mol. The highest BCUT2D eigenvalue weighted by atomic mass is 16.3. The number of anilines is 2. The van der Waals surface area contributed by atoms with Crippen LogP contribution in [-0.2, 0) is 5.54 Å². The normalized spacial score (nSPS) is 18.4. The third-order valence-electron chi connectivity index (χ3n) is 6.55. The number of fused-ring (bicyclic) bond motifs is 1. The number of H-pyrrole nitrogens is 2. The molecule has 0 aliphatic heterocycles. The number of aromatic nitrogens is 6. The zero-order valence-electron chi connectivity index (χ0n) is 18.7. The highest BCUT2D eigenvalue weighted by Crippen LogP contribution is 2.39. The van der Waals surface area contributed by atoms with Gasteiger partial charge in [-0.05, 0) is 62.3 Å². The number of imidazole rings is 1. The highest BCUT2D eigenvalue weighted by Gasteiger charge is 2.34. The van der Waals surface area contributed by atoms with Crippen molar-refractivity contribution >= 4 is 23.4 Å². The van der Waals surface area contributed by atoms with E-state index in [4.69, 9.17) is 10.7 Å². The lowest BCUT2D eigenvalue weighted by molar-refractivity contribution is 0.253. The average Bonchev–Trinajstić information content (AvgIpc) is 3.42. The zero-order chi connectivity index (χ0) is 23.4. The van der Waals surface area contributed by atoms with Crippen molar-refractivity contribution < 1.29 is 5.11 Å². The molecule has 0 atom stereocenters. The van der Waals surface area contributed by atoms with Crippen molar-refractivity contribution in [3.05, 3.63) is 62.5 Å². The lowest BCUT2D eigenvalue weighted by Crippen LogP contribution is -2.43. The zero-order valence-corrected chi connectivity index (χ0v) is 18.7. The van der Waals surface area contributed by atoms with E-state index in [0.717, 1.165) is 48.9 Å². The largest absolute Gasteiger partial charge is 0.493 e. The maximum Gasteiger partial charge on any atom is 0.326 e. The molecule has 1 aromatic carbocycles. The SMILES string of the molecule is Cc1cc(C2(N)CCC2)ccc1Nc1nc(=NC2CC2)n2ncc(=Cc3[nH]c(=O)[nH]c3O)c2n1. The van der Waals surface area contributed by atoms with Gasteiger partial charge < -0.3 is 21.1 Å². The number of benzene rings is 1. The van der Waals surface area contributed by atoms with Crippen LogP contribution in [0.25, 0.3) is 11.7 Å². The molecule has 11 heteroatoms. The second kappa shape index (κ2) is 7.52. The summed E-state index contributed by atoms with van der Waals surface area (Å²) in [7, 11) is 0. The van der Waals surface area contributed by atoms with Gasteiger partial charge in [-0.15, -0.1) is 0 Å². The predicted molar refractivity (Wildman–Crippen MR) is 125 cm³/mol. The predicted octanol–water partition coefficient (Wildman–Crippen LogP) is 0.847. The maximum atomic E-state index is 11.5. The second-order valence-electron chi connectivity index (χ2n) is 9.19. The Bertz CT molecular complexity index is 1590. The molecule has 6 rings (SSSR count). The summed E-state index contributed by atoms with van der Waals surface area (Å²) in [5.74, 6) is 0.135. The summed E-state index contributed by atoms with van der Waals surface area (Å²) in [5.41, 5.74) is 10.1. The first kappa shape index (κ1) is 20.6. The van der Waals surface area contributed by atoms with Gasteiger partial charge in [-0.25, -0.2) is 9.79 Å². The van der Waals surface area contributed by atoms with Crippen LogP contribution in [0, 0.1) is 6.92 Å². The third-order valence-corrected chi connectivity index (χ3v) is 6.55. The van der Waals surface area contributed by atoms with Gasteiger partial charge in [0, 0.05) is 16.4 Å². The standard InChI is InChI=1S/C23H25N9O2/c1-12-9-14(23(24)7-2-8-23)3-6-16(12)27-20-29-18-13(10-17-19(33)30-22(34)28-17)11-25-32(18)21(31-20)26-15-4-5-15/h3,6,9-11,15,33H,2,4-5,7-8,24H2,1H3,(H,26,27,31)(H2,28,30,34). The van der Waals surface area contributed by atoms with Crippen LogP contribution in [0.2, 0.25) is 0 Å². The molecule has 0 bridgehead atoms. The first-order chi connectivity index (χ1) is 16.4. The molecule has 0 radical (unpaired) electrons. The number of aryl methyl sites for hydroxylation is 1. The molecule has 2 aliphatic carbocycles. The number of nitrogens with one attached hydrogen (secondary N) is 3. The molecular formula is C23H25N9O2. The highest BCUT2D eigenvalue weighted by molar-refractivity contribution is 5.62. The van der Waals surface area contributed by atoms with Gasteiger partial charge in [-0.3, -0.25) is 4.98 Å². The first-order valence-corrected chi connectivity index (χ1v) is 11.4. The maximum absolute atomic E-state index is 11.5. The van der Waals surface area contributed by atoms with Gasteiger partial charge in [0.2, 0.25) is 11.8 Å². The summed E-state index contributed by atoms with van der Waals surface area (Å²) in [6.07, 6.45) is 8.43. The Morgan fingerprint density at radius 2 is 2.12 bits per heavy atom. The summed E-state index contributed by atoms with van der Waals surface area (Å²) < 4.78 is 1.57. The molecule has 11 nitrogen and oxygen atoms in total. The second-order valence-corrected chi connectivity index (χ2v) is 9.19. The Morgan fingerprint density at radius 1 is 1.29 bits per heavy atom. The van der Waals surface area contributed by atoms with E-state index in [-0.39, 0.29) is 23.2 Å². The fourth-order valence-corrected chi connectivity index (χ4v) is 4.22. The lowest BCUT2D eigenvalue weighted by Gasteiger charge is -2.39. The van der Waals surface area contributed by atoms with Crippen LogP contribution in [-0.4, -0.2) is 40.7 Å². The lowest BCUT2D eigenvalue weighted by atomic mass is 9.72. The van der Waals surface area contributed by atoms with Crippen LogP contribution in [0.3, 0.4) is 0 Å². The topological polar surface area (TPSA) is 162 Å².